The maximum Gasteiger partial charge on any atom is 0.213 e. The quantitative estimate of drug-likeness (QED) is 0.578. The molecule has 0 radical (unpaired) electrons. The molecule has 0 aliphatic rings. The van der Waals surface area contributed by atoms with Crippen molar-refractivity contribution in [3.63, 3.8) is 0 Å². The summed E-state index contributed by atoms with van der Waals surface area (Å²) in [5.74, 6) is -0.652. The fourth-order valence-corrected chi connectivity index (χ4v) is 2.03. The largest absolute Gasteiger partial charge is 0.360 e. The maximum absolute atomic E-state index is 13.1. The lowest BCUT2D eigenvalue weighted by Crippen LogP contribution is -2.03. The van der Waals surface area contributed by atoms with Crippen LogP contribution in [0, 0.1) is 5.82 Å². The fourth-order valence-electron chi connectivity index (χ4n) is 1.88. The molecule has 1 aromatic carbocycles. The number of carbonyl (C=O) groups excluding carboxylic acids is 1. The predicted molar refractivity (Wildman–Crippen MR) is 68.7 cm³/mol. The van der Waals surface area contributed by atoms with E-state index in [1.54, 1.807) is 6.07 Å². The van der Waals surface area contributed by atoms with Crippen LogP contribution in [-0.4, -0.2) is 20.7 Å². The Labute approximate surface area is 112 Å². The number of carbonyl (C=O) groups is 1. The predicted octanol–water partition coefficient (Wildman–Crippen LogP) is 2.98. The van der Waals surface area contributed by atoms with Crippen LogP contribution in [-0.2, 0) is 0 Å². The smallest absolute Gasteiger partial charge is 0.213 e. The molecule has 0 spiro atoms. The molecule has 0 amide bonds. The molecule has 1 N–H and O–H groups in total. The van der Waals surface area contributed by atoms with Crippen LogP contribution in [0.5, 0.6) is 0 Å². The summed E-state index contributed by atoms with van der Waals surface area (Å²) in [6.45, 7) is 0. The van der Waals surface area contributed by atoms with Gasteiger partial charge in [-0.2, -0.15) is 0 Å². The Balaban J connectivity index is 2.12. The summed E-state index contributed by atoms with van der Waals surface area (Å²) in [5, 5.41) is 0.838. The van der Waals surface area contributed by atoms with E-state index >= 15 is 0 Å². The van der Waals surface area contributed by atoms with Gasteiger partial charge in [-0.05, 0) is 18.2 Å². The van der Waals surface area contributed by atoms with Gasteiger partial charge in [0.1, 0.15) is 23.0 Å². The van der Waals surface area contributed by atoms with Crippen LogP contribution in [0.25, 0.3) is 10.9 Å². The summed E-state index contributed by atoms with van der Waals surface area (Å²) in [6, 6.07) is 5.59. The molecule has 0 saturated carbocycles. The molecule has 6 heteroatoms. The number of aromatic nitrogens is 3. The molecule has 0 saturated heterocycles. The average molecular weight is 276 g/mol. The molecule has 3 rings (SSSR count). The number of aromatic amines is 1. The zero-order valence-electron chi connectivity index (χ0n) is 9.52. The van der Waals surface area contributed by atoms with Gasteiger partial charge in [-0.1, -0.05) is 11.6 Å². The van der Waals surface area contributed by atoms with Gasteiger partial charge in [0.2, 0.25) is 5.78 Å². The summed E-state index contributed by atoms with van der Waals surface area (Å²) in [4.78, 5) is 22.8. The van der Waals surface area contributed by atoms with Crippen LogP contribution in [0.3, 0.4) is 0 Å². The number of benzene rings is 1. The number of fused-ring (bicyclic) bond motifs is 1. The monoisotopic (exact) mass is 275 g/mol. The first kappa shape index (κ1) is 11.8. The molecule has 0 aliphatic carbocycles. The number of rotatable bonds is 2. The third-order valence-corrected chi connectivity index (χ3v) is 2.96. The highest BCUT2D eigenvalue weighted by Gasteiger charge is 2.16. The van der Waals surface area contributed by atoms with E-state index < -0.39 is 0 Å². The first-order chi connectivity index (χ1) is 9.15. The Kier molecular flexibility index (Phi) is 2.76. The number of nitrogens with one attached hydrogen (secondary N) is 1. The number of halogens is 2. The van der Waals surface area contributed by atoms with Crippen LogP contribution in [0.2, 0.25) is 5.15 Å². The Bertz CT molecular complexity index is 784. The second kappa shape index (κ2) is 4.44. The van der Waals surface area contributed by atoms with Crippen molar-refractivity contribution in [2.75, 3.05) is 0 Å². The van der Waals surface area contributed by atoms with Gasteiger partial charge in [0.25, 0.3) is 0 Å². The van der Waals surface area contributed by atoms with E-state index in [9.17, 15) is 9.18 Å². The molecule has 0 unspecified atom stereocenters. The van der Waals surface area contributed by atoms with Crippen molar-refractivity contribution in [1.29, 1.82) is 0 Å². The van der Waals surface area contributed by atoms with Gasteiger partial charge in [0, 0.05) is 28.7 Å². The number of hydrogen-bond acceptors (Lipinski definition) is 3. The Morgan fingerprint density at radius 2 is 2.11 bits per heavy atom. The van der Waals surface area contributed by atoms with Crippen molar-refractivity contribution in [1.82, 2.24) is 15.0 Å². The molecule has 0 aliphatic heterocycles. The van der Waals surface area contributed by atoms with Gasteiger partial charge in [-0.15, -0.1) is 0 Å². The molecule has 19 heavy (non-hydrogen) atoms. The van der Waals surface area contributed by atoms with Crippen LogP contribution >= 0.6 is 11.6 Å². The van der Waals surface area contributed by atoms with E-state index in [0.717, 1.165) is 0 Å². The topological polar surface area (TPSA) is 58.6 Å². The van der Waals surface area contributed by atoms with Gasteiger partial charge < -0.3 is 4.98 Å². The SMILES string of the molecule is O=C(c1cc(Cl)ncn1)c1c[nH]c2cc(F)ccc12. The zero-order chi connectivity index (χ0) is 13.4. The van der Waals surface area contributed by atoms with Gasteiger partial charge in [0.15, 0.2) is 0 Å². The zero-order valence-corrected chi connectivity index (χ0v) is 10.3. The van der Waals surface area contributed by atoms with Crippen LogP contribution in [0.1, 0.15) is 16.1 Å². The van der Waals surface area contributed by atoms with Gasteiger partial charge in [0.05, 0.1) is 0 Å². The Morgan fingerprint density at radius 1 is 1.26 bits per heavy atom. The highest BCUT2D eigenvalue weighted by Crippen LogP contribution is 2.21. The van der Waals surface area contributed by atoms with E-state index in [1.807, 2.05) is 0 Å². The van der Waals surface area contributed by atoms with Gasteiger partial charge in [-0.3, -0.25) is 4.79 Å². The highest BCUT2D eigenvalue weighted by molar-refractivity contribution is 6.30. The van der Waals surface area contributed by atoms with Gasteiger partial charge >= 0.3 is 0 Å². The number of hydrogen-bond donors (Lipinski definition) is 1. The lowest BCUT2D eigenvalue weighted by atomic mass is 10.1. The van der Waals surface area contributed by atoms with E-state index in [-0.39, 0.29) is 22.4 Å². The summed E-state index contributed by atoms with van der Waals surface area (Å²) in [7, 11) is 0. The van der Waals surface area contributed by atoms with Gasteiger partial charge in [-0.25, -0.2) is 14.4 Å². The Morgan fingerprint density at radius 3 is 2.89 bits per heavy atom. The van der Waals surface area contributed by atoms with Crippen LogP contribution in [0.15, 0.2) is 36.8 Å². The number of ketones is 1. The minimum absolute atomic E-state index is 0.198. The minimum atomic E-state index is -0.363. The van der Waals surface area contributed by atoms with Crippen molar-refractivity contribution in [3.8, 4) is 0 Å². The lowest BCUT2D eigenvalue weighted by molar-refractivity contribution is 0.103. The van der Waals surface area contributed by atoms with E-state index in [0.29, 0.717) is 16.5 Å². The summed E-state index contributed by atoms with van der Waals surface area (Å²) in [5.41, 5.74) is 1.18. The standard InChI is InChI=1S/C13H7ClFN3O/c14-12-4-11(17-6-18-12)13(19)9-5-16-10-3-7(15)1-2-8(9)10/h1-6,16H. The van der Waals surface area contributed by atoms with Crippen molar-refractivity contribution in [2.24, 2.45) is 0 Å². The third-order valence-electron chi connectivity index (χ3n) is 2.75. The van der Waals surface area contributed by atoms with Crippen molar-refractivity contribution in [2.45, 2.75) is 0 Å². The Hall–Kier alpha value is -2.27. The summed E-state index contributed by atoms with van der Waals surface area (Å²) >= 11 is 5.73. The molecule has 0 fully saturated rings. The van der Waals surface area contributed by atoms with Crippen molar-refractivity contribution in [3.05, 3.63) is 59.0 Å². The molecule has 2 aromatic heterocycles. The minimum Gasteiger partial charge on any atom is -0.360 e. The first-order valence-electron chi connectivity index (χ1n) is 5.44. The van der Waals surface area contributed by atoms with E-state index in [2.05, 4.69) is 15.0 Å². The molecule has 2 heterocycles. The van der Waals surface area contributed by atoms with E-state index in [4.69, 9.17) is 11.6 Å². The van der Waals surface area contributed by atoms with Crippen LogP contribution in [0.4, 0.5) is 4.39 Å². The van der Waals surface area contributed by atoms with Crippen molar-refractivity contribution >= 4 is 28.3 Å². The fraction of sp³-hybridized carbons (Fsp3) is 0. The first-order valence-corrected chi connectivity index (χ1v) is 5.82. The second-order valence-corrected chi connectivity index (χ2v) is 4.33. The van der Waals surface area contributed by atoms with Crippen molar-refractivity contribution < 1.29 is 9.18 Å². The maximum atomic E-state index is 13.1. The second-order valence-electron chi connectivity index (χ2n) is 3.95. The van der Waals surface area contributed by atoms with E-state index in [1.165, 1.54) is 30.7 Å². The highest BCUT2D eigenvalue weighted by atomic mass is 35.5. The molecule has 0 bridgehead atoms. The normalized spacial score (nSPS) is 10.8. The number of nitrogens with zero attached hydrogens (tertiary/aromatic N) is 2. The molecular formula is C13H7ClFN3O. The lowest BCUT2D eigenvalue weighted by Gasteiger charge is -1.99. The molecular weight excluding hydrogens is 269 g/mol. The molecule has 94 valence electrons. The average Bonchev–Trinajstić information content (AvgIpc) is 2.80. The molecule has 4 nitrogen and oxygen atoms in total. The number of H-pyrrole nitrogens is 1. The summed E-state index contributed by atoms with van der Waals surface area (Å²) < 4.78 is 13.1. The third kappa shape index (κ3) is 2.08. The molecule has 3 aromatic rings. The molecule has 0 atom stereocenters. The van der Waals surface area contributed by atoms with Crippen LogP contribution < -0.4 is 0 Å². The summed E-state index contributed by atoms with van der Waals surface area (Å²) in [6.07, 6.45) is 2.76.